The number of rotatable bonds is 4. The highest BCUT2D eigenvalue weighted by molar-refractivity contribution is 5.12. The summed E-state index contributed by atoms with van der Waals surface area (Å²) < 4.78 is 0. The van der Waals surface area contributed by atoms with Gasteiger partial charge in [0, 0.05) is 19.1 Å². The van der Waals surface area contributed by atoms with Crippen molar-refractivity contribution in [2.75, 3.05) is 26.2 Å². The molecule has 0 amide bonds. The number of hydrogen-bond donors (Lipinski definition) is 1. The summed E-state index contributed by atoms with van der Waals surface area (Å²) in [6.45, 7) is 5.12. The van der Waals surface area contributed by atoms with E-state index in [2.05, 4.69) is 22.4 Å². The Kier molecular flexibility index (Phi) is 2.80. The summed E-state index contributed by atoms with van der Waals surface area (Å²) in [4.78, 5) is 2.59. The number of likely N-dealkylation sites (tertiary alicyclic amines) is 1. The highest BCUT2D eigenvalue weighted by Crippen LogP contribution is 2.42. The number of fused-ring (bicyclic) bond motifs is 1. The summed E-state index contributed by atoms with van der Waals surface area (Å²) in [5.41, 5.74) is 0. The zero-order valence-electron chi connectivity index (χ0n) is 9.49. The molecule has 2 fully saturated rings. The molecule has 0 spiro atoms. The Morgan fingerprint density at radius 3 is 2.93 bits per heavy atom. The van der Waals surface area contributed by atoms with Crippen LogP contribution in [0.25, 0.3) is 0 Å². The van der Waals surface area contributed by atoms with E-state index in [0.717, 1.165) is 17.9 Å². The average molecular weight is 206 g/mol. The molecular weight excluding hydrogens is 184 g/mol. The van der Waals surface area contributed by atoms with Crippen LogP contribution in [-0.4, -0.2) is 37.1 Å². The third-order valence-electron chi connectivity index (χ3n) is 4.40. The smallest absolute Gasteiger partial charge is 0.0136 e. The fraction of sp³-hybridized carbons (Fsp3) is 0.846. The normalized spacial score (nSPS) is 39.3. The van der Waals surface area contributed by atoms with Crippen molar-refractivity contribution in [3.05, 3.63) is 12.2 Å². The molecule has 0 radical (unpaired) electrons. The molecule has 2 nitrogen and oxygen atoms in total. The third-order valence-corrected chi connectivity index (χ3v) is 4.40. The maximum absolute atomic E-state index is 3.72. The Morgan fingerprint density at radius 1 is 1.27 bits per heavy atom. The van der Waals surface area contributed by atoms with E-state index in [1.165, 1.54) is 51.9 Å². The predicted octanol–water partition coefficient (Wildman–Crippen LogP) is 1.64. The highest BCUT2D eigenvalue weighted by Gasteiger charge is 2.40. The topological polar surface area (TPSA) is 15.3 Å². The van der Waals surface area contributed by atoms with Crippen LogP contribution in [0.2, 0.25) is 0 Å². The van der Waals surface area contributed by atoms with E-state index in [1.54, 1.807) is 0 Å². The predicted molar refractivity (Wildman–Crippen MR) is 62.8 cm³/mol. The van der Waals surface area contributed by atoms with Gasteiger partial charge in [-0.3, -0.25) is 0 Å². The molecule has 1 heterocycles. The van der Waals surface area contributed by atoms with Gasteiger partial charge >= 0.3 is 0 Å². The lowest BCUT2D eigenvalue weighted by molar-refractivity contribution is 0.159. The lowest BCUT2D eigenvalue weighted by Gasteiger charge is -2.41. The van der Waals surface area contributed by atoms with Crippen LogP contribution in [-0.2, 0) is 0 Å². The minimum Gasteiger partial charge on any atom is -0.312 e. The van der Waals surface area contributed by atoms with Crippen molar-refractivity contribution < 1.29 is 0 Å². The molecule has 3 rings (SSSR count). The van der Waals surface area contributed by atoms with E-state index in [4.69, 9.17) is 0 Å². The van der Waals surface area contributed by atoms with Gasteiger partial charge in [0.05, 0.1) is 0 Å². The monoisotopic (exact) mass is 206 g/mol. The second-order valence-electron chi connectivity index (χ2n) is 5.35. The van der Waals surface area contributed by atoms with Crippen molar-refractivity contribution in [3.8, 4) is 0 Å². The van der Waals surface area contributed by atoms with Crippen molar-refractivity contribution in [1.82, 2.24) is 10.2 Å². The van der Waals surface area contributed by atoms with Gasteiger partial charge in [0.15, 0.2) is 0 Å². The van der Waals surface area contributed by atoms with E-state index in [1.807, 2.05) is 0 Å². The summed E-state index contributed by atoms with van der Waals surface area (Å²) in [6, 6.07) is 0.802. The Bertz CT molecular complexity index is 243. The number of allylic oxidation sites excluding steroid dienone is 1. The van der Waals surface area contributed by atoms with Crippen molar-refractivity contribution in [2.24, 2.45) is 11.8 Å². The van der Waals surface area contributed by atoms with Crippen LogP contribution in [0.5, 0.6) is 0 Å². The molecule has 0 aromatic carbocycles. The first kappa shape index (κ1) is 9.86. The molecule has 0 aromatic rings. The van der Waals surface area contributed by atoms with E-state index >= 15 is 0 Å². The van der Waals surface area contributed by atoms with Crippen LogP contribution in [0.1, 0.15) is 25.7 Å². The molecule has 3 unspecified atom stereocenters. The number of nitrogens with one attached hydrogen (secondary N) is 1. The van der Waals surface area contributed by atoms with Gasteiger partial charge < -0.3 is 10.2 Å². The summed E-state index contributed by atoms with van der Waals surface area (Å²) in [5.74, 6) is 1.87. The van der Waals surface area contributed by atoms with Crippen molar-refractivity contribution in [2.45, 2.75) is 31.7 Å². The molecule has 15 heavy (non-hydrogen) atoms. The first-order chi connectivity index (χ1) is 7.43. The largest absolute Gasteiger partial charge is 0.312 e. The van der Waals surface area contributed by atoms with E-state index < -0.39 is 0 Å². The summed E-state index contributed by atoms with van der Waals surface area (Å²) >= 11 is 0. The molecule has 0 bridgehead atoms. The van der Waals surface area contributed by atoms with Gasteiger partial charge in [-0.2, -0.15) is 0 Å². The van der Waals surface area contributed by atoms with E-state index in [9.17, 15) is 0 Å². The molecule has 84 valence electrons. The molecule has 1 aliphatic heterocycles. The maximum Gasteiger partial charge on any atom is 0.0136 e. The second kappa shape index (κ2) is 4.26. The molecule has 2 aliphatic carbocycles. The Labute approximate surface area is 92.7 Å². The third kappa shape index (κ3) is 1.98. The number of nitrogens with zero attached hydrogens (tertiary/aromatic N) is 1. The molecule has 0 aromatic heterocycles. The van der Waals surface area contributed by atoms with Crippen molar-refractivity contribution in [1.29, 1.82) is 0 Å². The molecule has 3 aliphatic rings. The van der Waals surface area contributed by atoms with Crippen LogP contribution in [0.3, 0.4) is 0 Å². The van der Waals surface area contributed by atoms with Crippen LogP contribution >= 0.6 is 0 Å². The Balaban J connectivity index is 1.34. The summed E-state index contributed by atoms with van der Waals surface area (Å²) in [6.07, 6.45) is 10.4. The van der Waals surface area contributed by atoms with Crippen LogP contribution in [0.4, 0.5) is 0 Å². The lowest BCUT2D eigenvalue weighted by Crippen LogP contribution is -2.49. The van der Waals surface area contributed by atoms with E-state index in [-0.39, 0.29) is 0 Å². The van der Waals surface area contributed by atoms with Gasteiger partial charge in [-0.15, -0.1) is 0 Å². The zero-order valence-corrected chi connectivity index (χ0v) is 9.49. The van der Waals surface area contributed by atoms with Gasteiger partial charge in [0.1, 0.15) is 0 Å². The first-order valence-electron chi connectivity index (χ1n) is 6.56. The minimum absolute atomic E-state index is 0.802. The van der Waals surface area contributed by atoms with Gasteiger partial charge in [-0.25, -0.2) is 0 Å². The molecule has 2 heteroatoms. The molecule has 3 atom stereocenters. The quantitative estimate of drug-likeness (QED) is 0.703. The van der Waals surface area contributed by atoms with E-state index in [0.29, 0.717) is 0 Å². The minimum atomic E-state index is 0.802. The standard InChI is InChI=1S/C13H22N2/c1-2-8-15(7-1)9-6-14-13-10-11-4-3-5-12(11)13/h3,5,11-14H,1-2,4,6-10H2. The molecule has 1 saturated heterocycles. The van der Waals surface area contributed by atoms with Gasteiger partial charge in [0.2, 0.25) is 0 Å². The summed E-state index contributed by atoms with van der Waals surface area (Å²) in [5, 5.41) is 3.72. The van der Waals surface area contributed by atoms with Crippen LogP contribution in [0.15, 0.2) is 12.2 Å². The fourth-order valence-electron chi connectivity index (χ4n) is 3.36. The van der Waals surface area contributed by atoms with Gasteiger partial charge in [-0.1, -0.05) is 12.2 Å². The molecular formula is C13H22N2. The van der Waals surface area contributed by atoms with Crippen LogP contribution in [0, 0.1) is 11.8 Å². The molecule has 1 saturated carbocycles. The Morgan fingerprint density at radius 2 is 2.13 bits per heavy atom. The number of hydrogen-bond acceptors (Lipinski definition) is 2. The SMILES string of the molecule is C1=CC2C(C1)CC2NCCN1CCCC1. The molecule has 1 N–H and O–H groups in total. The van der Waals surface area contributed by atoms with Gasteiger partial charge in [-0.05, 0) is 50.6 Å². The summed E-state index contributed by atoms with van der Waals surface area (Å²) in [7, 11) is 0. The maximum atomic E-state index is 3.72. The second-order valence-corrected chi connectivity index (χ2v) is 5.35. The lowest BCUT2D eigenvalue weighted by atomic mass is 9.71. The first-order valence-corrected chi connectivity index (χ1v) is 6.56. The zero-order chi connectivity index (χ0) is 10.1. The average Bonchev–Trinajstić information content (AvgIpc) is 2.82. The highest BCUT2D eigenvalue weighted by atomic mass is 15.2. The van der Waals surface area contributed by atoms with Gasteiger partial charge in [0.25, 0.3) is 0 Å². The van der Waals surface area contributed by atoms with Crippen LogP contribution < -0.4 is 5.32 Å². The Hall–Kier alpha value is -0.340. The fourth-order valence-corrected chi connectivity index (χ4v) is 3.36. The van der Waals surface area contributed by atoms with Crippen molar-refractivity contribution in [3.63, 3.8) is 0 Å². The van der Waals surface area contributed by atoms with Crippen molar-refractivity contribution >= 4 is 0 Å².